The van der Waals surface area contributed by atoms with Crippen LogP contribution in [0.4, 0.5) is 5.82 Å². The van der Waals surface area contributed by atoms with Gasteiger partial charge in [0.15, 0.2) is 0 Å². The van der Waals surface area contributed by atoms with Crippen LogP contribution < -0.4 is 5.73 Å². The van der Waals surface area contributed by atoms with Crippen molar-refractivity contribution in [3.8, 4) is 0 Å². The third kappa shape index (κ3) is 1.51. The summed E-state index contributed by atoms with van der Waals surface area (Å²) < 4.78 is 1.61. The summed E-state index contributed by atoms with van der Waals surface area (Å²) in [6, 6.07) is 0. The summed E-state index contributed by atoms with van der Waals surface area (Å²) in [6.07, 6.45) is 2.63. The highest BCUT2D eigenvalue weighted by Crippen LogP contribution is 2.10. The molecule has 3 N–H and O–H groups in total. The van der Waals surface area contributed by atoms with E-state index in [1.807, 2.05) is 6.92 Å². The minimum Gasteiger partial charge on any atom is -0.394 e. The zero-order valence-corrected chi connectivity index (χ0v) is 6.62. The third-order valence-electron chi connectivity index (χ3n) is 1.65. The lowest BCUT2D eigenvalue weighted by Crippen LogP contribution is -2.07. The van der Waals surface area contributed by atoms with E-state index in [1.165, 1.54) is 0 Å². The van der Waals surface area contributed by atoms with E-state index in [2.05, 4.69) is 5.10 Å². The number of rotatable bonds is 3. The molecule has 1 heterocycles. The molecule has 1 rings (SSSR count). The number of hydrogen-bond acceptors (Lipinski definition) is 3. The molecule has 0 spiro atoms. The molecule has 62 valence electrons. The molecule has 0 unspecified atom stereocenters. The fraction of sp³-hybridized carbons (Fsp3) is 0.571. The fourth-order valence-electron chi connectivity index (χ4n) is 0.979. The van der Waals surface area contributed by atoms with E-state index < -0.39 is 0 Å². The molecule has 1 aromatic heterocycles. The number of hydrogen-bond donors (Lipinski definition) is 2. The summed E-state index contributed by atoms with van der Waals surface area (Å²) in [4.78, 5) is 0. The number of aryl methyl sites for hydroxylation is 1. The summed E-state index contributed by atoms with van der Waals surface area (Å²) in [5.74, 6) is 0.668. The molecule has 0 aromatic carbocycles. The molecule has 0 saturated heterocycles. The summed E-state index contributed by atoms with van der Waals surface area (Å²) in [6.45, 7) is 2.58. The van der Waals surface area contributed by atoms with E-state index in [9.17, 15) is 0 Å². The van der Waals surface area contributed by atoms with Crippen molar-refractivity contribution in [2.24, 2.45) is 0 Å². The minimum absolute atomic E-state index is 0.0784. The normalized spacial score (nSPS) is 10.4. The summed E-state index contributed by atoms with van der Waals surface area (Å²) in [7, 11) is 0. The smallest absolute Gasteiger partial charge is 0.124 e. The third-order valence-corrected chi connectivity index (χ3v) is 1.65. The zero-order chi connectivity index (χ0) is 8.27. The van der Waals surface area contributed by atoms with E-state index >= 15 is 0 Å². The summed E-state index contributed by atoms with van der Waals surface area (Å²) in [5, 5.41) is 12.6. The lowest BCUT2D eigenvalue weighted by molar-refractivity contribution is 0.270. The van der Waals surface area contributed by atoms with Gasteiger partial charge in [0.05, 0.1) is 19.3 Å². The molecule has 0 aliphatic rings. The van der Waals surface area contributed by atoms with E-state index in [1.54, 1.807) is 10.9 Å². The molecule has 0 aliphatic heterocycles. The van der Waals surface area contributed by atoms with Gasteiger partial charge in [0, 0.05) is 5.56 Å². The molecule has 0 atom stereocenters. The van der Waals surface area contributed by atoms with Crippen molar-refractivity contribution >= 4 is 5.82 Å². The fourth-order valence-corrected chi connectivity index (χ4v) is 0.979. The second kappa shape index (κ2) is 3.39. The predicted octanol–water partition coefficient (Wildman–Crippen LogP) is 0.0200. The highest BCUT2D eigenvalue weighted by atomic mass is 16.3. The van der Waals surface area contributed by atoms with Crippen LogP contribution in [-0.4, -0.2) is 21.5 Å². The quantitative estimate of drug-likeness (QED) is 0.646. The van der Waals surface area contributed by atoms with Crippen molar-refractivity contribution in [2.45, 2.75) is 19.9 Å². The lowest BCUT2D eigenvalue weighted by Gasteiger charge is -2.00. The number of aliphatic hydroxyl groups excluding tert-OH is 1. The Morgan fingerprint density at radius 2 is 2.45 bits per heavy atom. The second-order valence-electron chi connectivity index (χ2n) is 2.36. The molecule has 0 fully saturated rings. The maximum Gasteiger partial charge on any atom is 0.124 e. The Hall–Kier alpha value is -1.03. The van der Waals surface area contributed by atoms with Crippen molar-refractivity contribution in [3.05, 3.63) is 11.8 Å². The average molecular weight is 155 g/mol. The minimum atomic E-state index is 0.0784. The molecular weight excluding hydrogens is 142 g/mol. The zero-order valence-electron chi connectivity index (χ0n) is 6.62. The SMILES string of the molecule is CCc1cnn(CCO)c1N. The molecule has 0 radical (unpaired) electrons. The first-order valence-corrected chi connectivity index (χ1v) is 3.70. The molecule has 0 aliphatic carbocycles. The van der Waals surface area contributed by atoms with E-state index in [4.69, 9.17) is 10.8 Å². The first-order chi connectivity index (χ1) is 5.29. The number of nitrogens with two attached hydrogens (primary N) is 1. The molecule has 0 saturated carbocycles. The lowest BCUT2D eigenvalue weighted by atomic mass is 10.3. The van der Waals surface area contributed by atoms with Gasteiger partial charge < -0.3 is 10.8 Å². The number of nitrogens with zero attached hydrogens (tertiary/aromatic N) is 2. The maximum atomic E-state index is 8.61. The van der Waals surface area contributed by atoms with Crippen LogP contribution in [0.25, 0.3) is 0 Å². The van der Waals surface area contributed by atoms with Gasteiger partial charge in [-0.15, -0.1) is 0 Å². The van der Waals surface area contributed by atoms with Crippen LogP contribution in [0.3, 0.4) is 0 Å². The predicted molar refractivity (Wildman–Crippen MR) is 43.1 cm³/mol. The Bertz CT molecular complexity index is 232. The average Bonchev–Trinajstić information content (AvgIpc) is 2.34. The van der Waals surface area contributed by atoms with Gasteiger partial charge in [-0.05, 0) is 6.42 Å². The number of nitrogen functional groups attached to an aromatic ring is 1. The van der Waals surface area contributed by atoms with Crippen LogP contribution in [0, 0.1) is 0 Å². The first kappa shape index (κ1) is 8.07. The van der Waals surface area contributed by atoms with Gasteiger partial charge in [0.2, 0.25) is 0 Å². The van der Waals surface area contributed by atoms with Gasteiger partial charge in [-0.25, -0.2) is 4.68 Å². The Labute approximate surface area is 65.6 Å². The van der Waals surface area contributed by atoms with Crippen LogP contribution in [0.1, 0.15) is 12.5 Å². The second-order valence-corrected chi connectivity index (χ2v) is 2.36. The Balaban J connectivity index is 2.82. The van der Waals surface area contributed by atoms with Crippen LogP contribution in [-0.2, 0) is 13.0 Å². The van der Waals surface area contributed by atoms with E-state index in [0.717, 1.165) is 12.0 Å². The molecule has 0 bridgehead atoms. The van der Waals surface area contributed by atoms with Crippen molar-refractivity contribution in [3.63, 3.8) is 0 Å². The molecule has 4 heteroatoms. The van der Waals surface area contributed by atoms with E-state index in [0.29, 0.717) is 12.4 Å². The van der Waals surface area contributed by atoms with Gasteiger partial charge in [0.1, 0.15) is 5.82 Å². The maximum absolute atomic E-state index is 8.61. The van der Waals surface area contributed by atoms with Crippen LogP contribution in [0.2, 0.25) is 0 Å². The first-order valence-electron chi connectivity index (χ1n) is 3.70. The van der Waals surface area contributed by atoms with Crippen molar-refractivity contribution < 1.29 is 5.11 Å². The molecule has 11 heavy (non-hydrogen) atoms. The van der Waals surface area contributed by atoms with Crippen molar-refractivity contribution in [1.29, 1.82) is 0 Å². The summed E-state index contributed by atoms with van der Waals surface area (Å²) >= 11 is 0. The monoisotopic (exact) mass is 155 g/mol. The Morgan fingerprint density at radius 1 is 1.73 bits per heavy atom. The van der Waals surface area contributed by atoms with Crippen LogP contribution >= 0.6 is 0 Å². The van der Waals surface area contributed by atoms with Crippen molar-refractivity contribution in [2.75, 3.05) is 12.3 Å². The standard InChI is InChI=1S/C7H13N3O/c1-2-6-5-9-10(3-4-11)7(6)8/h5,11H,2-4,8H2,1H3. The Morgan fingerprint density at radius 3 is 2.91 bits per heavy atom. The van der Waals surface area contributed by atoms with Gasteiger partial charge in [-0.1, -0.05) is 6.92 Å². The van der Waals surface area contributed by atoms with Crippen molar-refractivity contribution in [1.82, 2.24) is 9.78 Å². The van der Waals surface area contributed by atoms with Gasteiger partial charge >= 0.3 is 0 Å². The highest BCUT2D eigenvalue weighted by Gasteiger charge is 2.03. The number of anilines is 1. The Kier molecular flexibility index (Phi) is 2.48. The van der Waals surface area contributed by atoms with E-state index in [-0.39, 0.29) is 6.61 Å². The van der Waals surface area contributed by atoms with Crippen LogP contribution in [0.15, 0.2) is 6.20 Å². The summed E-state index contributed by atoms with van der Waals surface area (Å²) in [5.41, 5.74) is 6.73. The van der Waals surface area contributed by atoms with Gasteiger partial charge in [0.25, 0.3) is 0 Å². The number of aromatic nitrogens is 2. The van der Waals surface area contributed by atoms with Gasteiger partial charge in [-0.3, -0.25) is 0 Å². The molecule has 0 amide bonds. The molecular formula is C7H13N3O. The van der Waals surface area contributed by atoms with Crippen LogP contribution in [0.5, 0.6) is 0 Å². The molecule has 4 nitrogen and oxygen atoms in total. The molecule has 1 aromatic rings. The topological polar surface area (TPSA) is 64.1 Å². The van der Waals surface area contributed by atoms with Gasteiger partial charge in [-0.2, -0.15) is 5.10 Å². The largest absolute Gasteiger partial charge is 0.394 e. The number of aliphatic hydroxyl groups is 1. The highest BCUT2D eigenvalue weighted by molar-refractivity contribution is 5.38.